The molecule has 0 spiro atoms. The topological polar surface area (TPSA) is 52.7 Å². The molecule has 1 heterocycles. The molecule has 1 N–H and O–H groups in total. The number of hydrogen-bond donors (Lipinski definition) is 1. The zero-order valence-electron chi connectivity index (χ0n) is 12.8. The van der Waals surface area contributed by atoms with Gasteiger partial charge in [-0.3, -0.25) is 9.59 Å². The van der Waals surface area contributed by atoms with Crippen LogP contribution in [0.3, 0.4) is 0 Å². The van der Waals surface area contributed by atoms with Crippen LogP contribution in [-0.4, -0.2) is 54.3 Å². The molecule has 2 amide bonds. The van der Waals surface area contributed by atoms with Gasteiger partial charge in [0.05, 0.1) is 0 Å². The van der Waals surface area contributed by atoms with E-state index >= 15 is 0 Å². The summed E-state index contributed by atoms with van der Waals surface area (Å²) in [5.41, 5.74) is 1.82. The van der Waals surface area contributed by atoms with Crippen molar-refractivity contribution in [2.75, 3.05) is 38.0 Å². The first-order valence-electron chi connectivity index (χ1n) is 7.45. The summed E-state index contributed by atoms with van der Waals surface area (Å²) in [7, 11) is 0. The lowest BCUT2D eigenvalue weighted by Crippen LogP contribution is -2.49. The first-order valence-corrected chi connectivity index (χ1v) is 7.45. The van der Waals surface area contributed by atoms with Crippen LogP contribution in [0, 0.1) is 6.92 Å². The van der Waals surface area contributed by atoms with Crippen LogP contribution in [0.1, 0.15) is 18.9 Å². The number of nitrogens with one attached hydrogen (secondary N) is 1. The quantitative estimate of drug-likeness (QED) is 0.854. The molecule has 1 fully saturated rings. The zero-order chi connectivity index (χ0) is 15.2. The number of likely N-dealkylation sites (N-methyl/N-ethyl adjacent to an activating group) is 1. The number of nitrogens with zero attached hydrogens (tertiary/aromatic N) is 2. The van der Waals surface area contributed by atoms with Crippen molar-refractivity contribution in [3.63, 3.8) is 0 Å². The number of aryl methyl sites for hydroxylation is 1. The van der Waals surface area contributed by atoms with Gasteiger partial charge < -0.3 is 15.1 Å². The number of benzene rings is 1. The van der Waals surface area contributed by atoms with Crippen molar-refractivity contribution in [3.05, 3.63) is 29.8 Å². The summed E-state index contributed by atoms with van der Waals surface area (Å²) in [4.78, 5) is 28.1. The highest BCUT2D eigenvalue weighted by molar-refractivity contribution is 6.03. The molecule has 2 rings (SSSR count). The Kier molecular flexibility index (Phi) is 5.33. The minimum atomic E-state index is -0.247. The van der Waals surface area contributed by atoms with Crippen LogP contribution in [0.25, 0.3) is 0 Å². The van der Waals surface area contributed by atoms with Crippen molar-refractivity contribution >= 4 is 17.5 Å². The summed E-state index contributed by atoms with van der Waals surface area (Å²) in [6, 6.07) is 7.57. The van der Waals surface area contributed by atoms with E-state index in [-0.39, 0.29) is 18.2 Å². The largest absolute Gasteiger partial charge is 0.340 e. The zero-order valence-corrected chi connectivity index (χ0v) is 12.8. The van der Waals surface area contributed by atoms with Gasteiger partial charge in [0, 0.05) is 31.9 Å². The maximum absolute atomic E-state index is 12.1. The van der Waals surface area contributed by atoms with Crippen LogP contribution >= 0.6 is 0 Å². The smallest absolute Gasteiger partial charge is 0.233 e. The van der Waals surface area contributed by atoms with Crippen LogP contribution in [0.5, 0.6) is 0 Å². The van der Waals surface area contributed by atoms with E-state index in [2.05, 4.69) is 17.1 Å². The van der Waals surface area contributed by atoms with Crippen LogP contribution in [-0.2, 0) is 9.59 Å². The molecule has 1 aromatic rings. The van der Waals surface area contributed by atoms with Crippen LogP contribution in [0.15, 0.2) is 24.3 Å². The molecule has 0 aliphatic carbocycles. The normalized spacial score (nSPS) is 15.8. The Morgan fingerprint density at radius 3 is 2.52 bits per heavy atom. The average Bonchev–Trinajstić information content (AvgIpc) is 2.47. The molecule has 1 aromatic carbocycles. The second kappa shape index (κ2) is 7.22. The number of carbonyl (C=O) groups excluding carboxylic acids is 2. The Hall–Kier alpha value is -1.88. The van der Waals surface area contributed by atoms with Gasteiger partial charge in [-0.05, 0) is 31.2 Å². The van der Waals surface area contributed by atoms with Crippen molar-refractivity contribution in [1.29, 1.82) is 0 Å². The highest BCUT2D eigenvalue weighted by atomic mass is 16.2. The van der Waals surface area contributed by atoms with Gasteiger partial charge in [-0.15, -0.1) is 0 Å². The molecule has 0 radical (unpaired) electrons. The number of hydrogen-bond acceptors (Lipinski definition) is 3. The molecule has 0 saturated carbocycles. The molecule has 21 heavy (non-hydrogen) atoms. The first kappa shape index (κ1) is 15.5. The summed E-state index contributed by atoms with van der Waals surface area (Å²) in [6.45, 7) is 8.30. The maximum Gasteiger partial charge on any atom is 0.233 e. The summed E-state index contributed by atoms with van der Waals surface area (Å²) in [6.07, 6.45) is -0.0833. The maximum atomic E-state index is 12.1. The van der Waals surface area contributed by atoms with E-state index in [1.54, 1.807) is 4.90 Å². The molecule has 1 saturated heterocycles. The van der Waals surface area contributed by atoms with E-state index in [1.807, 2.05) is 31.2 Å². The SMILES string of the molecule is CCN1CCN(C(=O)CC(=O)Nc2cccc(C)c2)CC1. The Balaban J connectivity index is 1.81. The third kappa shape index (κ3) is 4.56. The molecule has 1 aliphatic heterocycles. The van der Waals surface area contributed by atoms with Crippen molar-refractivity contribution in [3.8, 4) is 0 Å². The second-order valence-corrected chi connectivity index (χ2v) is 5.41. The number of carbonyl (C=O) groups is 2. The van der Waals surface area contributed by atoms with E-state index in [1.165, 1.54) is 0 Å². The Morgan fingerprint density at radius 1 is 1.19 bits per heavy atom. The van der Waals surface area contributed by atoms with Crippen LogP contribution < -0.4 is 5.32 Å². The monoisotopic (exact) mass is 289 g/mol. The van der Waals surface area contributed by atoms with E-state index in [4.69, 9.17) is 0 Å². The van der Waals surface area contributed by atoms with Crippen molar-refractivity contribution in [2.24, 2.45) is 0 Å². The van der Waals surface area contributed by atoms with Crippen LogP contribution in [0.4, 0.5) is 5.69 Å². The first-order chi connectivity index (χ1) is 10.1. The lowest BCUT2D eigenvalue weighted by Gasteiger charge is -2.33. The van der Waals surface area contributed by atoms with E-state index < -0.39 is 0 Å². The number of rotatable bonds is 4. The molecule has 0 bridgehead atoms. The van der Waals surface area contributed by atoms with Gasteiger partial charge in [-0.1, -0.05) is 19.1 Å². The fourth-order valence-electron chi connectivity index (χ4n) is 2.49. The Labute approximate surface area is 125 Å². The van der Waals surface area contributed by atoms with Crippen molar-refractivity contribution in [2.45, 2.75) is 20.3 Å². The molecule has 0 atom stereocenters. The van der Waals surface area contributed by atoms with Gasteiger partial charge in [0.1, 0.15) is 6.42 Å². The van der Waals surface area contributed by atoms with Gasteiger partial charge in [0.2, 0.25) is 11.8 Å². The molecular weight excluding hydrogens is 266 g/mol. The van der Waals surface area contributed by atoms with E-state index in [9.17, 15) is 9.59 Å². The molecule has 1 aliphatic rings. The third-order valence-electron chi connectivity index (χ3n) is 3.79. The predicted octanol–water partition coefficient (Wildman–Crippen LogP) is 1.49. The Bertz CT molecular complexity index is 508. The minimum Gasteiger partial charge on any atom is -0.340 e. The summed E-state index contributed by atoms with van der Waals surface area (Å²) < 4.78 is 0. The number of amides is 2. The number of piperazine rings is 1. The molecule has 5 nitrogen and oxygen atoms in total. The van der Waals surface area contributed by atoms with Crippen molar-refractivity contribution < 1.29 is 9.59 Å². The summed E-state index contributed by atoms with van der Waals surface area (Å²) in [5, 5.41) is 2.78. The highest BCUT2D eigenvalue weighted by Crippen LogP contribution is 2.10. The molecular formula is C16H23N3O2. The van der Waals surface area contributed by atoms with Gasteiger partial charge in [0.25, 0.3) is 0 Å². The Morgan fingerprint density at radius 2 is 1.90 bits per heavy atom. The summed E-state index contributed by atoms with van der Waals surface area (Å²) in [5.74, 6) is -0.334. The van der Waals surface area contributed by atoms with Gasteiger partial charge >= 0.3 is 0 Å². The molecule has 0 aromatic heterocycles. The van der Waals surface area contributed by atoms with Gasteiger partial charge in [-0.25, -0.2) is 0 Å². The highest BCUT2D eigenvalue weighted by Gasteiger charge is 2.21. The van der Waals surface area contributed by atoms with E-state index in [0.29, 0.717) is 13.1 Å². The van der Waals surface area contributed by atoms with Gasteiger partial charge in [-0.2, -0.15) is 0 Å². The molecule has 0 unspecified atom stereocenters. The standard InChI is InChI=1S/C16H23N3O2/c1-3-18-7-9-19(10-8-18)16(21)12-15(20)17-14-6-4-5-13(2)11-14/h4-6,11H,3,7-10,12H2,1-2H3,(H,17,20). The number of anilines is 1. The lowest BCUT2D eigenvalue weighted by atomic mass is 10.2. The molecule has 114 valence electrons. The predicted molar refractivity (Wildman–Crippen MR) is 83.1 cm³/mol. The fraction of sp³-hybridized carbons (Fsp3) is 0.500. The molecule has 5 heteroatoms. The second-order valence-electron chi connectivity index (χ2n) is 5.41. The third-order valence-corrected chi connectivity index (χ3v) is 3.79. The van der Waals surface area contributed by atoms with Crippen molar-refractivity contribution in [1.82, 2.24) is 9.80 Å². The van der Waals surface area contributed by atoms with Gasteiger partial charge in [0.15, 0.2) is 0 Å². The average molecular weight is 289 g/mol. The van der Waals surface area contributed by atoms with Crippen LogP contribution in [0.2, 0.25) is 0 Å². The fourth-order valence-corrected chi connectivity index (χ4v) is 2.49. The van der Waals surface area contributed by atoms with E-state index in [0.717, 1.165) is 30.9 Å². The lowest BCUT2D eigenvalue weighted by molar-refractivity contribution is -0.136. The minimum absolute atomic E-state index is 0.0833. The summed E-state index contributed by atoms with van der Waals surface area (Å²) >= 11 is 0.